The maximum absolute atomic E-state index is 15.9. The minimum Gasteiger partial charge on any atom is -0.388 e. The molecule has 1 N–H and O–H groups in total. The molecule has 0 aromatic heterocycles. The number of hydrogen-bond acceptors (Lipinski definition) is 3. The highest BCUT2D eigenvalue weighted by Gasteiger charge is 2.56. The Labute approximate surface area is 225 Å². The number of hydrogen-bond donors (Lipinski definition) is 1. The van der Waals surface area contributed by atoms with Gasteiger partial charge in [-0.2, -0.15) is 0 Å². The molecule has 37 heavy (non-hydrogen) atoms. The summed E-state index contributed by atoms with van der Waals surface area (Å²) in [5.74, 6) is -0.116. The van der Waals surface area contributed by atoms with Crippen molar-refractivity contribution in [3.63, 3.8) is 0 Å². The highest BCUT2D eigenvalue weighted by atomic mass is 32.2. The monoisotopic (exact) mass is 526 g/mol. The molecule has 0 unspecified atom stereocenters. The molecule has 1 aliphatic rings. The molecule has 0 aliphatic heterocycles. The van der Waals surface area contributed by atoms with Gasteiger partial charge in [-0.05, 0) is 36.5 Å². The van der Waals surface area contributed by atoms with Gasteiger partial charge in [-0.25, -0.2) is 0 Å². The van der Waals surface area contributed by atoms with Crippen LogP contribution in [0.25, 0.3) is 0 Å². The zero-order valence-corrected chi connectivity index (χ0v) is 23.0. The fourth-order valence-corrected chi connectivity index (χ4v) is 11.5. The van der Waals surface area contributed by atoms with E-state index in [-0.39, 0.29) is 11.2 Å². The van der Waals surface area contributed by atoms with Crippen molar-refractivity contribution in [3.8, 4) is 0 Å². The SMILES string of the molecule is C[C@H](c1ccccc1)[C@@H]([C@]1(O)CCCC[C@@H]1Sc1ccccc1)P(=O)(c1ccccc1)c1ccccc1. The number of thioether (sulfide) groups is 1. The number of rotatable bonds is 8. The first-order valence-electron chi connectivity index (χ1n) is 13.2. The molecule has 0 amide bonds. The minimum atomic E-state index is -3.30. The molecule has 1 aliphatic carbocycles. The van der Waals surface area contributed by atoms with Gasteiger partial charge in [0.25, 0.3) is 0 Å². The van der Waals surface area contributed by atoms with Gasteiger partial charge in [0.15, 0.2) is 0 Å². The average Bonchev–Trinajstić information content (AvgIpc) is 2.96. The molecule has 4 atom stereocenters. The van der Waals surface area contributed by atoms with Crippen LogP contribution in [0, 0.1) is 0 Å². The van der Waals surface area contributed by atoms with E-state index in [0.29, 0.717) is 6.42 Å². The predicted octanol–water partition coefficient (Wildman–Crippen LogP) is 7.64. The minimum absolute atomic E-state index is 0.0550. The van der Waals surface area contributed by atoms with Crippen LogP contribution in [0.1, 0.15) is 44.1 Å². The molecule has 2 nitrogen and oxygen atoms in total. The first kappa shape index (κ1) is 26.0. The lowest BCUT2D eigenvalue weighted by Gasteiger charge is -2.50. The zero-order valence-electron chi connectivity index (χ0n) is 21.3. The van der Waals surface area contributed by atoms with Gasteiger partial charge in [0, 0.05) is 20.8 Å². The normalized spacial score (nSPS) is 21.7. The highest BCUT2D eigenvalue weighted by Crippen LogP contribution is 2.61. The van der Waals surface area contributed by atoms with E-state index in [0.717, 1.165) is 40.3 Å². The van der Waals surface area contributed by atoms with Crippen LogP contribution >= 0.6 is 18.9 Å². The molecule has 0 heterocycles. The fraction of sp³-hybridized carbons (Fsp3) is 0.273. The molecule has 4 heteroatoms. The molecule has 0 radical (unpaired) electrons. The van der Waals surface area contributed by atoms with Gasteiger partial charge in [-0.1, -0.05) is 129 Å². The smallest absolute Gasteiger partial charge is 0.149 e. The van der Waals surface area contributed by atoms with Gasteiger partial charge >= 0.3 is 0 Å². The van der Waals surface area contributed by atoms with Crippen LogP contribution < -0.4 is 10.6 Å². The highest BCUT2D eigenvalue weighted by molar-refractivity contribution is 8.00. The van der Waals surface area contributed by atoms with Gasteiger partial charge < -0.3 is 9.67 Å². The molecule has 0 saturated heterocycles. The Morgan fingerprint density at radius 1 is 0.757 bits per heavy atom. The summed E-state index contributed by atoms with van der Waals surface area (Å²) in [5, 5.41) is 14.5. The molecule has 1 fully saturated rings. The molecule has 1 saturated carbocycles. The van der Waals surface area contributed by atoms with Gasteiger partial charge in [0.2, 0.25) is 0 Å². The lowest BCUT2D eigenvalue weighted by molar-refractivity contribution is 0.00139. The Morgan fingerprint density at radius 2 is 1.24 bits per heavy atom. The molecular weight excluding hydrogens is 491 g/mol. The third-order valence-corrected chi connectivity index (χ3v) is 13.1. The Balaban J connectivity index is 1.72. The van der Waals surface area contributed by atoms with E-state index in [4.69, 9.17) is 0 Å². The molecule has 0 spiro atoms. The lowest BCUT2D eigenvalue weighted by atomic mass is 9.76. The maximum Gasteiger partial charge on any atom is 0.149 e. The van der Waals surface area contributed by atoms with Crippen LogP contribution in [0.5, 0.6) is 0 Å². The third kappa shape index (κ3) is 5.23. The molecule has 4 aromatic carbocycles. The second-order valence-corrected chi connectivity index (χ2v) is 14.3. The zero-order chi connectivity index (χ0) is 25.7. The topological polar surface area (TPSA) is 37.3 Å². The van der Waals surface area contributed by atoms with Gasteiger partial charge in [-0.15, -0.1) is 11.8 Å². The Morgan fingerprint density at radius 3 is 1.78 bits per heavy atom. The van der Waals surface area contributed by atoms with E-state index in [1.807, 2.05) is 97.1 Å². The van der Waals surface area contributed by atoms with Crippen molar-refractivity contribution in [2.24, 2.45) is 0 Å². The van der Waals surface area contributed by atoms with E-state index in [1.54, 1.807) is 11.8 Å². The van der Waals surface area contributed by atoms with E-state index < -0.39 is 18.4 Å². The molecule has 4 aromatic rings. The number of benzene rings is 4. The summed E-state index contributed by atoms with van der Waals surface area (Å²) >= 11 is 1.75. The average molecular weight is 527 g/mol. The quantitative estimate of drug-likeness (QED) is 0.240. The van der Waals surface area contributed by atoms with Crippen LogP contribution in [0.3, 0.4) is 0 Å². The van der Waals surface area contributed by atoms with Gasteiger partial charge in [-0.3, -0.25) is 0 Å². The van der Waals surface area contributed by atoms with Gasteiger partial charge in [0.1, 0.15) is 7.14 Å². The van der Waals surface area contributed by atoms with Crippen LogP contribution in [0.15, 0.2) is 126 Å². The van der Waals surface area contributed by atoms with Crippen molar-refractivity contribution < 1.29 is 9.67 Å². The Bertz CT molecular complexity index is 1270. The predicted molar refractivity (Wildman–Crippen MR) is 158 cm³/mol. The van der Waals surface area contributed by atoms with Crippen molar-refractivity contribution in [2.45, 2.75) is 59.9 Å². The molecule has 190 valence electrons. The lowest BCUT2D eigenvalue weighted by Crippen LogP contribution is -2.56. The third-order valence-electron chi connectivity index (χ3n) is 7.86. The second-order valence-electron chi connectivity index (χ2n) is 10.1. The van der Waals surface area contributed by atoms with Crippen molar-refractivity contribution >= 4 is 29.5 Å². The van der Waals surface area contributed by atoms with Crippen molar-refractivity contribution in [3.05, 3.63) is 127 Å². The summed E-state index contributed by atoms with van der Waals surface area (Å²) in [6, 6.07) is 40.5. The van der Waals surface area contributed by atoms with Crippen molar-refractivity contribution in [1.29, 1.82) is 0 Å². The van der Waals surface area contributed by atoms with E-state index in [9.17, 15) is 5.11 Å². The van der Waals surface area contributed by atoms with Crippen LogP contribution in [0.2, 0.25) is 0 Å². The Hall–Kier alpha value is -2.58. The van der Waals surface area contributed by atoms with Crippen LogP contribution in [0.4, 0.5) is 0 Å². The second kappa shape index (κ2) is 11.4. The molecular formula is C33H35O2PS. The van der Waals surface area contributed by atoms with E-state index in [2.05, 4.69) is 31.2 Å². The van der Waals surface area contributed by atoms with Crippen LogP contribution in [-0.4, -0.2) is 21.6 Å². The molecule has 0 bridgehead atoms. The summed E-state index contributed by atoms with van der Waals surface area (Å²) in [6.07, 6.45) is 3.55. The standard InChI is InChI=1S/C33H35O2PS/c1-26(27-16-6-2-7-17-27)32(33(34)25-15-14-24-31(33)37-30-22-12-5-13-23-30)36(35,28-18-8-3-9-19-28)29-20-10-4-11-21-29/h2-13,16-23,26,31-32,34H,14-15,24-25H2,1H3/t26-,31+,32+,33+/m1/s1. The van der Waals surface area contributed by atoms with E-state index >= 15 is 4.57 Å². The summed E-state index contributed by atoms with van der Waals surface area (Å²) in [6.45, 7) is 2.16. The van der Waals surface area contributed by atoms with Crippen LogP contribution in [-0.2, 0) is 4.57 Å². The summed E-state index contributed by atoms with van der Waals surface area (Å²) in [5.41, 5.74) is -0.481. The largest absolute Gasteiger partial charge is 0.388 e. The van der Waals surface area contributed by atoms with Crippen molar-refractivity contribution in [2.75, 3.05) is 0 Å². The molecule has 5 rings (SSSR count). The van der Waals surface area contributed by atoms with E-state index in [1.165, 1.54) is 0 Å². The Kier molecular flexibility index (Phi) is 8.05. The summed E-state index contributed by atoms with van der Waals surface area (Å²) in [4.78, 5) is 1.15. The van der Waals surface area contributed by atoms with Crippen molar-refractivity contribution in [1.82, 2.24) is 0 Å². The maximum atomic E-state index is 15.9. The summed E-state index contributed by atoms with van der Waals surface area (Å²) < 4.78 is 15.9. The first-order chi connectivity index (χ1) is 18.0. The van der Waals surface area contributed by atoms with Gasteiger partial charge in [0.05, 0.1) is 11.3 Å². The summed E-state index contributed by atoms with van der Waals surface area (Å²) in [7, 11) is -3.30. The first-order valence-corrected chi connectivity index (χ1v) is 15.9. The number of aliphatic hydroxyl groups is 1. The fourth-order valence-electron chi connectivity index (χ4n) is 6.08.